The van der Waals surface area contributed by atoms with Crippen molar-refractivity contribution in [2.75, 3.05) is 24.8 Å². The van der Waals surface area contributed by atoms with Crippen LogP contribution in [0, 0.1) is 5.82 Å². The molecule has 0 aromatic heterocycles. The molecule has 0 saturated carbocycles. The molecule has 2 N–H and O–H groups in total. The lowest BCUT2D eigenvalue weighted by molar-refractivity contribution is -0.134. The molecule has 1 heterocycles. The number of hydrazine groups is 1. The summed E-state index contributed by atoms with van der Waals surface area (Å²) in [5.41, 5.74) is 4.30. The van der Waals surface area contributed by atoms with Crippen LogP contribution >= 0.6 is 11.8 Å². The molecule has 0 spiro atoms. The van der Waals surface area contributed by atoms with Crippen LogP contribution in [0.5, 0.6) is 5.75 Å². The van der Waals surface area contributed by atoms with Crippen LogP contribution in [0.4, 0.5) is 4.39 Å². The van der Waals surface area contributed by atoms with Crippen LogP contribution in [0.15, 0.2) is 24.3 Å². The van der Waals surface area contributed by atoms with E-state index in [4.69, 9.17) is 4.74 Å². The zero-order valence-corrected chi connectivity index (χ0v) is 12.3. The van der Waals surface area contributed by atoms with Gasteiger partial charge in [-0.1, -0.05) is 12.1 Å². The number of nitrogens with zero attached hydrogens (tertiary/aromatic N) is 1. The van der Waals surface area contributed by atoms with E-state index in [2.05, 4.69) is 10.9 Å². The van der Waals surface area contributed by atoms with Gasteiger partial charge in [0.05, 0.1) is 11.6 Å². The van der Waals surface area contributed by atoms with Crippen LogP contribution in [0.1, 0.15) is 0 Å². The number of carbonyl (C=O) groups is 3. The van der Waals surface area contributed by atoms with E-state index in [-0.39, 0.29) is 18.2 Å². The van der Waals surface area contributed by atoms with E-state index in [1.807, 2.05) is 0 Å². The summed E-state index contributed by atoms with van der Waals surface area (Å²) in [5.74, 6) is -1.09. The average Bonchev–Trinajstić information content (AvgIpc) is 2.89. The van der Waals surface area contributed by atoms with Gasteiger partial charge >= 0.3 is 0 Å². The summed E-state index contributed by atoms with van der Waals surface area (Å²) in [6.45, 7) is -0.569. The molecule has 1 saturated heterocycles. The van der Waals surface area contributed by atoms with E-state index in [1.54, 1.807) is 6.07 Å². The van der Waals surface area contributed by atoms with Crippen molar-refractivity contribution >= 4 is 29.5 Å². The fourth-order valence-electron chi connectivity index (χ4n) is 1.63. The molecule has 118 valence electrons. The Bertz CT molecular complexity index is 584. The van der Waals surface area contributed by atoms with Crippen LogP contribution in [0.3, 0.4) is 0 Å². The van der Waals surface area contributed by atoms with Gasteiger partial charge in [-0.15, -0.1) is 11.8 Å². The summed E-state index contributed by atoms with van der Waals surface area (Å²) < 4.78 is 18.2. The van der Waals surface area contributed by atoms with Crippen molar-refractivity contribution in [1.29, 1.82) is 0 Å². The minimum absolute atomic E-state index is 0.0522. The van der Waals surface area contributed by atoms with Gasteiger partial charge in [0.2, 0.25) is 5.91 Å². The quantitative estimate of drug-likeness (QED) is 0.737. The van der Waals surface area contributed by atoms with Gasteiger partial charge in [0.1, 0.15) is 6.54 Å². The van der Waals surface area contributed by atoms with Gasteiger partial charge in [-0.3, -0.25) is 25.2 Å². The Balaban J connectivity index is 1.68. The standard InChI is InChI=1S/C13H14FN3O4S/c14-9-3-1-2-4-10(9)21-6-12(19)16-15-11(18)5-17-8-22-7-13(17)20/h1-4H,5-8H2,(H,15,18)(H,16,19). The topological polar surface area (TPSA) is 87.7 Å². The SMILES string of the molecule is O=C(COc1ccccc1F)NNC(=O)CN1CSCC1=O. The maximum atomic E-state index is 13.3. The number of rotatable bonds is 5. The lowest BCUT2D eigenvalue weighted by Gasteiger charge is -2.14. The Kier molecular flexibility index (Phi) is 5.59. The number of hydrogen-bond donors (Lipinski definition) is 2. The highest BCUT2D eigenvalue weighted by Gasteiger charge is 2.22. The van der Waals surface area contributed by atoms with Gasteiger partial charge in [0.15, 0.2) is 18.2 Å². The fraction of sp³-hybridized carbons (Fsp3) is 0.308. The van der Waals surface area contributed by atoms with Crippen molar-refractivity contribution in [1.82, 2.24) is 15.8 Å². The van der Waals surface area contributed by atoms with Gasteiger partial charge in [0.25, 0.3) is 11.8 Å². The van der Waals surface area contributed by atoms with Gasteiger partial charge in [-0.25, -0.2) is 4.39 Å². The Morgan fingerprint density at radius 3 is 2.68 bits per heavy atom. The molecule has 9 heteroatoms. The zero-order valence-electron chi connectivity index (χ0n) is 11.5. The molecule has 0 bridgehead atoms. The van der Waals surface area contributed by atoms with Crippen molar-refractivity contribution < 1.29 is 23.5 Å². The molecule has 1 aliphatic rings. The van der Waals surface area contributed by atoms with Crippen molar-refractivity contribution in [2.24, 2.45) is 0 Å². The van der Waals surface area contributed by atoms with Gasteiger partial charge in [0, 0.05) is 0 Å². The van der Waals surface area contributed by atoms with Crippen LogP contribution in [0.25, 0.3) is 0 Å². The minimum atomic E-state index is -0.640. The maximum absolute atomic E-state index is 13.3. The predicted octanol–water partition coefficient (Wildman–Crippen LogP) is -0.115. The normalized spacial score (nSPS) is 13.9. The number of thioether (sulfide) groups is 1. The molecule has 1 aliphatic heterocycles. The smallest absolute Gasteiger partial charge is 0.276 e. The summed E-state index contributed by atoms with van der Waals surface area (Å²) >= 11 is 1.42. The molecule has 1 aromatic rings. The molecular weight excluding hydrogens is 313 g/mol. The van der Waals surface area contributed by atoms with Gasteiger partial charge in [-0.05, 0) is 12.1 Å². The molecule has 22 heavy (non-hydrogen) atoms. The summed E-state index contributed by atoms with van der Waals surface area (Å²) in [6, 6.07) is 5.67. The molecule has 0 radical (unpaired) electrons. The van der Waals surface area contributed by atoms with E-state index in [0.717, 1.165) is 0 Å². The summed E-state index contributed by atoms with van der Waals surface area (Å²) in [7, 11) is 0. The highest BCUT2D eigenvalue weighted by Crippen LogP contribution is 2.15. The number of ether oxygens (including phenoxy) is 1. The highest BCUT2D eigenvalue weighted by molar-refractivity contribution is 8.00. The molecule has 7 nitrogen and oxygen atoms in total. The predicted molar refractivity (Wildman–Crippen MR) is 77.2 cm³/mol. The Hall–Kier alpha value is -2.29. The molecule has 1 aromatic carbocycles. The number of halogens is 1. The average molecular weight is 327 g/mol. The first-order chi connectivity index (χ1) is 10.6. The third-order valence-corrected chi connectivity index (χ3v) is 3.64. The van der Waals surface area contributed by atoms with Crippen molar-refractivity contribution in [2.45, 2.75) is 0 Å². The molecule has 0 atom stereocenters. The molecule has 2 rings (SSSR count). The largest absolute Gasteiger partial charge is 0.481 e. The van der Waals surface area contributed by atoms with Crippen LogP contribution in [-0.4, -0.2) is 47.4 Å². The van der Waals surface area contributed by atoms with E-state index >= 15 is 0 Å². The number of para-hydroxylation sites is 1. The monoisotopic (exact) mass is 327 g/mol. The molecule has 3 amide bonds. The van der Waals surface area contributed by atoms with Crippen molar-refractivity contribution in [3.05, 3.63) is 30.1 Å². The van der Waals surface area contributed by atoms with Crippen LogP contribution < -0.4 is 15.6 Å². The molecule has 0 unspecified atom stereocenters. The first-order valence-electron chi connectivity index (χ1n) is 6.37. The van der Waals surface area contributed by atoms with Crippen LogP contribution in [-0.2, 0) is 14.4 Å². The third kappa shape index (κ3) is 4.62. The van der Waals surface area contributed by atoms with Crippen molar-refractivity contribution in [3.8, 4) is 5.75 Å². The van der Waals surface area contributed by atoms with E-state index < -0.39 is 24.2 Å². The first kappa shape index (κ1) is 16.1. The maximum Gasteiger partial charge on any atom is 0.276 e. The van der Waals surface area contributed by atoms with Crippen molar-refractivity contribution in [3.63, 3.8) is 0 Å². The first-order valence-corrected chi connectivity index (χ1v) is 7.52. The summed E-state index contributed by atoms with van der Waals surface area (Å²) in [5, 5.41) is 0. The van der Waals surface area contributed by atoms with Crippen LogP contribution in [0.2, 0.25) is 0 Å². The Labute approximate surface area is 130 Å². The minimum Gasteiger partial charge on any atom is -0.481 e. The van der Waals surface area contributed by atoms with E-state index in [9.17, 15) is 18.8 Å². The van der Waals surface area contributed by atoms with Gasteiger partial charge < -0.3 is 9.64 Å². The second kappa shape index (κ2) is 7.64. The lowest BCUT2D eigenvalue weighted by Crippen LogP contribution is -2.48. The Morgan fingerprint density at radius 1 is 1.27 bits per heavy atom. The summed E-state index contributed by atoms with van der Waals surface area (Å²) in [6.07, 6.45) is 0. The van der Waals surface area contributed by atoms with E-state index in [1.165, 1.54) is 34.9 Å². The number of nitrogens with one attached hydrogen (secondary N) is 2. The van der Waals surface area contributed by atoms with E-state index in [0.29, 0.717) is 11.6 Å². The summed E-state index contributed by atoms with van der Waals surface area (Å²) in [4.78, 5) is 35.7. The second-order valence-corrected chi connectivity index (χ2v) is 5.34. The number of benzene rings is 1. The lowest BCUT2D eigenvalue weighted by atomic mass is 10.3. The number of hydrogen-bond acceptors (Lipinski definition) is 5. The number of amides is 3. The Morgan fingerprint density at radius 2 is 2.00 bits per heavy atom. The molecule has 0 aliphatic carbocycles. The van der Waals surface area contributed by atoms with Gasteiger partial charge in [-0.2, -0.15) is 0 Å². The molecule has 1 fully saturated rings. The third-order valence-electron chi connectivity index (χ3n) is 2.70. The molecular formula is C13H14FN3O4S. The number of carbonyl (C=O) groups excluding carboxylic acids is 3. The highest BCUT2D eigenvalue weighted by atomic mass is 32.2. The fourth-order valence-corrected chi connectivity index (χ4v) is 2.54. The zero-order chi connectivity index (χ0) is 15.9. The second-order valence-electron chi connectivity index (χ2n) is 4.38.